The Bertz CT molecular complexity index is 326. The highest BCUT2D eigenvalue weighted by Crippen LogP contribution is 2.11. The van der Waals surface area contributed by atoms with Crippen LogP contribution in [0.4, 0.5) is 5.82 Å². The van der Waals surface area contributed by atoms with Gasteiger partial charge in [-0.05, 0) is 38.3 Å². The smallest absolute Gasteiger partial charge is 0.126 e. The van der Waals surface area contributed by atoms with E-state index in [-0.39, 0.29) is 0 Å². The van der Waals surface area contributed by atoms with E-state index >= 15 is 0 Å². The monoisotopic (exact) mass is 236 g/mol. The summed E-state index contributed by atoms with van der Waals surface area (Å²) in [6, 6.07) is 6.02. The second kappa shape index (κ2) is 7.28. The molecule has 1 heterocycles. The van der Waals surface area contributed by atoms with Crippen LogP contribution < -0.4 is 5.32 Å². The molecule has 0 aliphatic heterocycles. The van der Waals surface area contributed by atoms with Crippen molar-refractivity contribution in [3.05, 3.63) is 23.9 Å². The van der Waals surface area contributed by atoms with E-state index in [1.807, 2.05) is 32.0 Å². The second-order valence-corrected chi connectivity index (χ2v) is 4.62. The van der Waals surface area contributed by atoms with Crippen molar-refractivity contribution in [3.8, 4) is 0 Å². The molecule has 17 heavy (non-hydrogen) atoms. The summed E-state index contributed by atoms with van der Waals surface area (Å²) >= 11 is 0. The van der Waals surface area contributed by atoms with Crippen molar-refractivity contribution in [3.63, 3.8) is 0 Å². The van der Waals surface area contributed by atoms with E-state index in [1.165, 1.54) is 0 Å². The minimum Gasteiger partial charge on any atom is -0.378 e. The molecule has 3 nitrogen and oxygen atoms in total. The van der Waals surface area contributed by atoms with Gasteiger partial charge in [0, 0.05) is 18.8 Å². The van der Waals surface area contributed by atoms with Gasteiger partial charge in [-0.25, -0.2) is 4.98 Å². The lowest BCUT2D eigenvalue weighted by Crippen LogP contribution is -2.23. The highest BCUT2D eigenvalue weighted by molar-refractivity contribution is 5.34. The van der Waals surface area contributed by atoms with Gasteiger partial charge in [0.15, 0.2) is 0 Å². The van der Waals surface area contributed by atoms with Crippen molar-refractivity contribution in [1.29, 1.82) is 0 Å². The molecule has 0 aromatic carbocycles. The molecule has 0 radical (unpaired) electrons. The first-order valence-electron chi connectivity index (χ1n) is 6.42. The number of nitrogens with one attached hydrogen (secondary N) is 1. The molecule has 0 fully saturated rings. The Hall–Kier alpha value is -1.09. The Morgan fingerprint density at radius 1 is 1.35 bits per heavy atom. The fourth-order valence-corrected chi connectivity index (χ4v) is 1.81. The van der Waals surface area contributed by atoms with Crippen LogP contribution in [0.15, 0.2) is 18.2 Å². The summed E-state index contributed by atoms with van der Waals surface area (Å²) < 4.78 is 5.70. The van der Waals surface area contributed by atoms with Crippen LogP contribution in [0.5, 0.6) is 0 Å². The van der Waals surface area contributed by atoms with Gasteiger partial charge in [-0.2, -0.15) is 0 Å². The summed E-state index contributed by atoms with van der Waals surface area (Å²) in [6.45, 7) is 10.1. The molecule has 1 N–H and O–H groups in total. The summed E-state index contributed by atoms with van der Waals surface area (Å²) in [6.07, 6.45) is 1.35. The summed E-state index contributed by atoms with van der Waals surface area (Å²) in [5.74, 6) is 1.51. The fourth-order valence-electron chi connectivity index (χ4n) is 1.81. The van der Waals surface area contributed by atoms with Crippen LogP contribution in [0, 0.1) is 12.8 Å². The number of hydrogen-bond donors (Lipinski definition) is 1. The van der Waals surface area contributed by atoms with Crippen LogP contribution >= 0.6 is 0 Å². The minimum atomic E-state index is 0.331. The van der Waals surface area contributed by atoms with Crippen molar-refractivity contribution in [2.45, 2.75) is 40.2 Å². The summed E-state index contributed by atoms with van der Waals surface area (Å²) in [4.78, 5) is 4.41. The van der Waals surface area contributed by atoms with Crippen LogP contribution in [0.3, 0.4) is 0 Å². The number of anilines is 1. The van der Waals surface area contributed by atoms with Crippen LogP contribution in [0.25, 0.3) is 0 Å². The summed E-state index contributed by atoms with van der Waals surface area (Å²) in [5.41, 5.74) is 1.04. The molecule has 1 rings (SSSR count). The van der Waals surface area contributed by atoms with Gasteiger partial charge in [0.1, 0.15) is 5.82 Å². The maximum Gasteiger partial charge on any atom is 0.126 e. The third-order valence-electron chi connectivity index (χ3n) is 2.75. The Labute approximate surface area is 105 Å². The number of aromatic nitrogens is 1. The topological polar surface area (TPSA) is 34.1 Å². The SMILES string of the molecule is CCOC(CCNc1cccc(C)n1)C(C)C. The molecule has 1 unspecified atom stereocenters. The maximum absolute atomic E-state index is 5.70. The number of rotatable bonds is 7. The molecule has 0 saturated carbocycles. The zero-order chi connectivity index (χ0) is 12.7. The number of hydrogen-bond acceptors (Lipinski definition) is 3. The zero-order valence-corrected chi connectivity index (χ0v) is 11.4. The van der Waals surface area contributed by atoms with Gasteiger partial charge in [-0.15, -0.1) is 0 Å². The van der Waals surface area contributed by atoms with Gasteiger partial charge in [0.25, 0.3) is 0 Å². The third-order valence-corrected chi connectivity index (χ3v) is 2.75. The van der Waals surface area contributed by atoms with Gasteiger partial charge in [-0.3, -0.25) is 0 Å². The van der Waals surface area contributed by atoms with E-state index in [0.717, 1.165) is 31.1 Å². The molecule has 1 aromatic rings. The van der Waals surface area contributed by atoms with Crippen LogP contribution in [-0.2, 0) is 4.74 Å². The van der Waals surface area contributed by atoms with Crippen molar-refractivity contribution in [2.75, 3.05) is 18.5 Å². The highest BCUT2D eigenvalue weighted by atomic mass is 16.5. The van der Waals surface area contributed by atoms with Gasteiger partial charge >= 0.3 is 0 Å². The van der Waals surface area contributed by atoms with E-state index < -0.39 is 0 Å². The molecule has 3 heteroatoms. The Morgan fingerprint density at radius 2 is 2.12 bits per heavy atom. The van der Waals surface area contributed by atoms with Crippen molar-refractivity contribution in [2.24, 2.45) is 5.92 Å². The van der Waals surface area contributed by atoms with E-state index in [1.54, 1.807) is 0 Å². The molecule has 96 valence electrons. The molecule has 0 aliphatic carbocycles. The van der Waals surface area contributed by atoms with E-state index in [4.69, 9.17) is 4.74 Å². The second-order valence-electron chi connectivity index (χ2n) is 4.62. The number of aryl methyl sites for hydroxylation is 1. The largest absolute Gasteiger partial charge is 0.378 e. The Balaban J connectivity index is 2.35. The average Bonchev–Trinajstić information content (AvgIpc) is 2.28. The molecule has 1 aromatic heterocycles. The predicted molar refractivity (Wildman–Crippen MR) is 72.3 cm³/mol. The quantitative estimate of drug-likeness (QED) is 0.789. The average molecular weight is 236 g/mol. The predicted octanol–water partition coefficient (Wildman–Crippen LogP) is 3.25. The van der Waals surface area contributed by atoms with Crippen LogP contribution in [0.1, 0.15) is 32.9 Å². The summed E-state index contributed by atoms with van der Waals surface area (Å²) in [7, 11) is 0. The minimum absolute atomic E-state index is 0.331. The van der Waals surface area contributed by atoms with Crippen molar-refractivity contribution in [1.82, 2.24) is 4.98 Å². The molecular formula is C14H24N2O. The van der Waals surface area contributed by atoms with Crippen LogP contribution in [-0.4, -0.2) is 24.2 Å². The van der Waals surface area contributed by atoms with Crippen molar-refractivity contribution >= 4 is 5.82 Å². The lowest BCUT2D eigenvalue weighted by molar-refractivity contribution is 0.0272. The normalized spacial score (nSPS) is 12.8. The first-order valence-corrected chi connectivity index (χ1v) is 6.42. The Kier molecular flexibility index (Phi) is 5.98. The van der Waals surface area contributed by atoms with Gasteiger partial charge in [-0.1, -0.05) is 19.9 Å². The first kappa shape index (κ1) is 14.0. The van der Waals surface area contributed by atoms with E-state index in [9.17, 15) is 0 Å². The molecule has 0 amide bonds. The first-order chi connectivity index (χ1) is 8.13. The number of ether oxygens (including phenoxy) is 1. The van der Waals surface area contributed by atoms with Gasteiger partial charge in [0.2, 0.25) is 0 Å². The third kappa shape index (κ3) is 5.18. The Morgan fingerprint density at radius 3 is 2.71 bits per heavy atom. The molecule has 0 saturated heterocycles. The lowest BCUT2D eigenvalue weighted by Gasteiger charge is -2.21. The van der Waals surface area contributed by atoms with Crippen LogP contribution in [0.2, 0.25) is 0 Å². The fraction of sp³-hybridized carbons (Fsp3) is 0.643. The van der Waals surface area contributed by atoms with E-state index in [0.29, 0.717) is 12.0 Å². The molecule has 0 aliphatic rings. The molecule has 0 bridgehead atoms. The lowest BCUT2D eigenvalue weighted by atomic mass is 10.0. The zero-order valence-electron chi connectivity index (χ0n) is 11.4. The number of nitrogens with zero attached hydrogens (tertiary/aromatic N) is 1. The summed E-state index contributed by atoms with van der Waals surface area (Å²) in [5, 5.41) is 3.34. The van der Waals surface area contributed by atoms with E-state index in [2.05, 4.69) is 24.1 Å². The molecular weight excluding hydrogens is 212 g/mol. The van der Waals surface area contributed by atoms with Gasteiger partial charge in [0.05, 0.1) is 6.10 Å². The molecule has 0 spiro atoms. The number of pyridine rings is 1. The van der Waals surface area contributed by atoms with Crippen molar-refractivity contribution < 1.29 is 4.74 Å². The van der Waals surface area contributed by atoms with Gasteiger partial charge < -0.3 is 10.1 Å². The molecule has 1 atom stereocenters. The maximum atomic E-state index is 5.70. The standard InChI is InChI=1S/C14H24N2O/c1-5-17-13(11(2)3)9-10-15-14-8-6-7-12(4)16-14/h6-8,11,13H,5,9-10H2,1-4H3,(H,15,16). The highest BCUT2D eigenvalue weighted by Gasteiger charge is 2.12.